The fourth-order valence-corrected chi connectivity index (χ4v) is 1.10. The molecule has 0 atom stereocenters. The number of amidine groups is 1. The van der Waals surface area contributed by atoms with Gasteiger partial charge in [-0.1, -0.05) is 6.07 Å². The van der Waals surface area contributed by atoms with Gasteiger partial charge in [-0.15, -0.1) is 0 Å². The number of nitrogens with two attached hydrogens (primary N) is 1. The van der Waals surface area contributed by atoms with E-state index >= 15 is 0 Å². The molecule has 1 aromatic carbocycles. The second-order valence-corrected chi connectivity index (χ2v) is 3.21. The van der Waals surface area contributed by atoms with E-state index in [1.807, 2.05) is 0 Å². The molecule has 1 amide bonds. The van der Waals surface area contributed by atoms with E-state index < -0.39 is 11.7 Å². The number of rotatable bonds is 3. The molecule has 5 heteroatoms. The summed E-state index contributed by atoms with van der Waals surface area (Å²) < 4.78 is 12.8. The van der Waals surface area contributed by atoms with Gasteiger partial charge < -0.3 is 11.1 Å². The van der Waals surface area contributed by atoms with Crippen LogP contribution < -0.4 is 11.1 Å². The Morgan fingerprint density at radius 3 is 2.87 bits per heavy atom. The summed E-state index contributed by atoms with van der Waals surface area (Å²) in [5.41, 5.74) is 6.22. The maximum absolute atomic E-state index is 12.8. The van der Waals surface area contributed by atoms with Crippen LogP contribution in [0.2, 0.25) is 0 Å². The van der Waals surface area contributed by atoms with Crippen molar-refractivity contribution in [1.29, 1.82) is 5.41 Å². The standard InChI is InChI=1S/C10H12FN3O/c1-6-2-3-7(11)4-8(6)14-10(15)5-9(12)13/h2-4H,5H2,1H3,(H3,12,13)(H,14,15). The molecule has 0 aliphatic rings. The predicted octanol–water partition coefficient (Wildman–Crippen LogP) is 1.40. The van der Waals surface area contributed by atoms with E-state index in [1.165, 1.54) is 12.1 Å². The minimum atomic E-state index is -0.420. The monoisotopic (exact) mass is 209 g/mol. The zero-order valence-electron chi connectivity index (χ0n) is 8.30. The molecule has 0 heterocycles. The van der Waals surface area contributed by atoms with Gasteiger partial charge in [0.2, 0.25) is 5.91 Å². The van der Waals surface area contributed by atoms with E-state index in [0.717, 1.165) is 5.56 Å². The first-order chi connectivity index (χ1) is 6.99. The molecular weight excluding hydrogens is 197 g/mol. The molecule has 0 spiro atoms. The summed E-state index contributed by atoms with van der Waals surface area (Å²) in [6, 6.07) is 4.11. The Balaban J connectivity index is 2.76. The third kappa shape index (κ3) is 3.38. The third-order valence-corrected chi connectivity index (χ3v) is 1.82. The highest BCUT2D eigenvalue weighted by molar-refractivity contribution is 6.04. The van der Waals surface area contributed by atoms with Crippen LogP contribution in [-0.2, 0) is 4.79 Å². The largest absolute Gasteiger partial charge is 0.387 e. The van der Waals surface area contributed by atoms with Crippen molar-refractivity contribution >= 4 is 17.4 Å². The van der Waals surface area contributed by atoms with Crippen LogP contribution in [0, 0.1) is 18.2 Å². The van der Waals surface area contributed by atoms with E-state index in [4.69, 9.17) is 11.1 Å². The molecule has 0 saturated carbocycles. The molecular formula is C10H12FN3O. The van der Waals surface area contributed by atoms with Gasteiger partial charge in [-0.25, -0.2) is 4.39 Å². The molecule has 4 N–H and O–H groups in total. The number of hydrogen-bond acceptors (Lipinski definition) is 2. The van der Waals surface area contributed by atoms with Gasteiger partial charge in [0, 0.05) is 5.69 Å². The van der Waals surface area contributed by atoms with Crippen LogP contribution in [-0.4, -0.2) is 11.7 Å². The fraction of sp³-hybridized carbons (Fsp3) is 0.200. The van der Waals surface area contributed by atoms with Gasteiger partial charge in [0.05, 0.1) is 6.42 Å². The second kappa shape index (κ2) is 4.54. The lowest BCUT2D eigenvalue weighted by Gasteiger charge is -2.07. The van der Waals surface area contributed by atoms with Crippen molar-refractivity contribution in [2.75, 3.05) is 5.32 Å². The molecule has 80 valence electrons. The van der Waals surface area contributed by atoms with Gasteiger partial charge in [0.1, 0.15) is 11.7 Å². The predicted molar refractivity (Wildman–Crippen MR) is 56.3 cm³/mol. The molecule has 15 heavy (non-hydrogen) atoms. The van der Waals surface area contributed by atoms with Gasteiger partial charge in [-0.3, -0.25) is 10.2 Å². The van der Waals surface area contributed by atoms with E-state index in [9.17, 15) is 9.18 Å². The minimum absolute atomic E-state index is 0.185. The second-order valence-electron chi connectivity index (χ2n) is 3.21. The SMILES string of the molecule is Cc1ccc(F)cc1NC(=O)CC(=N)N. The number of carbonyl (C=O) groups is 1. The molecule has 4 nitrogen and oxygen atoms in total. The van der Waals surface area contributed by atoms with Crippen LogP contribution in [0.25, 0.3) is 0 Å². The van der Waals surface area contributed by atoms with Crippen molar-refractivity contribution in [3.8, 4) is 0 Å². The Hall–Kier alpha value is -1.91. The molecule has 0 aliphatic heterocycles. The highest BCUT2D eigenvalue weighted by Crippen LogP contribution is 2.15. The average molecular weight is 209 g/mol. The van der Waals surface area contributed by atoms with Crippen molar-refractivity contribution in [1.82, 2.24) is 0 Å². The van der Waals surface area contributed by atoms with Crippen molar-refractivity contribution in [2.24, 2.45) is 5.73 Å². The van der Waals surface area contributed by atoms with E-state index in [-0.39, 0.29) is 12.3 Å². The third-order valence-electron chi connectivity index (χ3n) is 1.82. The summed E-state index contributed by atoms with van der Waals surface area (Å²) >= 11 is 0. The lowest BCUT2D eigenvalue weighted by Crippen LogP contribution is -2.21. The lowest BCUT2D eigenvalue weighted by atomic mass is 10.2. The van der Waals surface area contributed by atoms with Crippen LogP contribution in [0.3, 0.4) is 0 Å². The van der Waals surface area contributed by atoms with Gasteiger partial charge in [0.25, 0.3) is 0 Å². The van der Waals surface area contributed by atoms with Gasteiger partial charge in [-0.2, -0.15) is 0 Å². The quantitative estimate of drug-likeness (QED) is 0.519. The number of amides is 1. The maximum atomic E-state index is 12.8. The molecule has 0 unspecified atom stereocenters. The summed E-state index contributed by atoms with van der Waals surface area (Å²) in [6.07, 6.45) is -0.185. The number of aryl methyl sites for hydroxylation is 1. The Labute approximate surface area is 86.8 Å². The van der Waals surface area contributed by atoms with E-state index in [1.54, 1.807) is 13.0 Å². The van der Waals surface area contributed by atoms with Crippen molar-refractivity contribution < 1.29 is 9.18 Å². The van der Waals surface area contributed by atoms with Crippen LogP contribution in [0.1, 0.15) is 12.0 Å². The summed E-state index contributed by atoms with van der Waals surface area (Å²) in [5, 5.41) is 9.41. The smallest absolute Gasteiger partial charge is 0.231 e. The van der Waals surface area contributed by atoms with Crippen LogP contribution >= 0.6 is 0 Å². The summed E-state index contributed by atoms with van der Waals surface area (Å²) in [5.74, 6) is -1.06. The molecule has 0 bridgehead atoms. The molecule has 0 radical (unpaired) electrons. The Bertz CT molecular complexity index is 404. The molecule has 1 rings (SSSR count). The Morgan fingerprint density at radius 2 is 2.27 bits per heavy atom. The van der Waals surface area contributed by atoms with E-state index in [0.29, 0.717) is 5.69 Å². The first kappa shape index (κ1) is 11.2. The van der Waals surface area contributed by atoms with Crippen molar-refractivity contribution in [3.05, 3.63) is 29.6 Å². The first-order valence-electron chi connectivity index (χ1n) is 4.38. The summed E-state index contributed by atoms with van der Waals surface area (Å²) in [6.45, 7) is 1.75. The lowest BCUT2D eigenvalue weighted by molar-refractivity contribution is -0.115. The van der Waals surface area contributed by atoms with Crippen LogP contribution in [0.5, 0.6) is 0 Å². The highest BCUT2D eigenvalue weighted by Gasteiger charge is 2.06. The molecule has 0 saturated heterocycles. The topological polar surface area (TPSA) is 79.0 Å². The minimum Gasteiger partial charge on any atom is -0.387 e. The highest BCUT2D eigenvalue weighted by atomic mass is 19.1. The Kier molecular flexibility index (Phi) is 3.38. The van der Waals surface area contributed by atoms with Crippen LogP contribution in [0.15, 0.2) is 18.2 Å². The molecule has 0 aliphatic carbocycles. The van der Waals surface area contributed by atoms with Crippen LogP contribution in [0.4, 0.5) is 10.1 Å². The zero-order valence-corrected chi connectivity index (χ0v) is 8.30. The zero-order chi connectivity index (χ0) is 11.4. The number of halogens is 1. The number of hydrogen-bond donors (Lipinski definition) is 3. The normalized spacial score (nSPS) is 9.73. The van der Waals surface area contributed by atoms with Crippen molar-refractivity contribution in [2.45, 2.75) is 13.3 Å². The fourth-order valence-electron chi connectivity index (χ4n) is 1.10. The number of nitrogens with one attached hydrogen (secondary N) is 2. The average Bonchev–Trinajstić information content (AvgIpc) is 2.10. The summed E-state index contributed by atoms with van der Waals surface area (Å²) in [7, 11) is 0. The van der Waals surface area contributed by atoms with Gasteiger partial charge in [0.15, 0.2) is 0 Å². The van der Waals surface area contributed by atoms with Crippen molar-refractivity contribution in [3.63, 3.8) is 0 Å². The van der Waals surface area contributed by atoms with E-state index in [2.05, 4.69) is 5.32 Å². The van der Waals surface area contributed by atoms with Gasteiger partial charge >= 0.3 is 0 Å². The first-order valence-corrected chi connectivity index (χ1v) is 4.38. The molecule has 0 fully saturated rings. The summed E-state index contributed by atoms with van der Waals surface area (Å²) in [4.78, 5) is 11.2. The molecule has 1 aromatic rings. The maximum Gasteiger partial charge on any atom is 0.231 e. The molecule has 0 aromatic heterocycles. The number of benzene rings is 1. The Morgan fingerprint density at radius 1 is 1.60 bits per heavy atom. The number of carbonyl (C=O) groups excluding carboxylic acids is 1. The van der Waals surface area contributed by atoms with Gasteiger partial charge in [-0.05, 0) is 24.6 Å². The number of anilines is 1.